The lowest BCUT2D eigenvalue weighted by atomic mass is 10.1. The molecule has 0 amide bonds. The van der Waals surface area contributed by atoms with Gasteiger partial charge in [-0.05, 0) is 19.4 Å². The molecule has 0 aromatic rings. The van der Waals surface area contributed by atoms with Gasteiger partial charge in [-0.1, -0.05) is 6.58 Å². The molecule has 10 heavy (non-hydrogen) atoms. The average molecular weight is 146 g/mol. The highest BCUT2D eigenvalue weighted by atomic mass is 17.1. The number of hydrogen-bond donors (Lipinski definition) is 1. The van der Waals surface area contributed by atoms with Gasteiger partial charge in [-0.3, -0.25) is 5.26 Å². The zero-order chi connectivity index (χ0) is 8.15. The van der Waals surface area contributed by atoms with Gasteiger partial charge in [0.15, 0.2) is 0 Å². The van der Waals surface area contributed by atoms with Crippen molar-refractivity contribution in [2.24, 2.45) is 0 Å². The van der Waals surface area contributed by atoms with Gasteiger partial charge in [0.25, 0.3) is 0 Å². The maximum atomic E-state index is 8.36. The fourth-order valence-corrected chi connectivity index (χ4v) is 0.700. The molecule has 1 N–H and O–H groups in total. The number of hydrogen-bond acceptors (Lipinski definition) is 3. The molecule has 0 rings (SSSR count). The summed E-state index contributed by atoms with van der Waals surface area (Å²) in [5.41, 5.74) is 0.747. The first-order valence-corrected chi connectivity index (χ1v) is 3.12. The molecule has 0 aromatic carbocycles. The molecule has 0 aliphatic rings. The van der Waals surface area contributed by atoms with E-state index in [9.17, 15) is 0 Å². The first-order chi connectivity index (χ1) is 4.63. The van der Waals surface area contributed by atoms with Crippen LogP contribution in [0.25, 0.3) is 0 Å². The molecule has 0 spiro atoms. The third-order valence-electron chi connectivity index (χ3n) is 1.40. The Balaban J connectivity index is 3.92. The molecule has 0 radical (unpaired) electrons. The Morgan fingerprint density at radius 1 is 1.60 bits per heavy atom. The molecule has 0 saturated carbocycles. The summed E-state index contributed by atoms with van der Waals surface area (Å²) < 4.78 is 4.92. The van der Waals surface area contributed by atoms with Crippen LogP contribution in [0.5, 0.6) is 0 Å². The Bertz CT molecular complexity index is 111. The zero-order valence-corrected chi connectivity index (χ0v) is 6.63. The highest BCUT2D eigenvalue weighted by molar-refractivity contribution is 5.00. The summed E-state index contributed by atoms with van der Waals surface area (Å²) in [4.78, 5) is 4.14. The molecule has 60 valence electrons. The number of methoxy groups -OCH3 is 1. The normalized spacial score (nSPS) is 16.4. The van der Waals surface area contributed by atoms with Crippen molar-refractivity contribution in [3.05, 3.63) is 12.2 Å². The standard InChI is InChI=1S/C7H14O3/c1-5(2)7(10-8)6(3)9-4/h6-8H,1H2,2-4H3/t6-,7+/m0/s1. The lowest BCUT2D eigenvalue weighted by Crippen LogP contribution is -2.27. The van der Waals surface area contributed by atoms with Crippen LogP contribution < -0.4 is 0 Å². The van der Waals surface area contributed by atoms with E-state index in [1.165, 1.54) is 0 Å². The minimum Gasteiger partial charge on any atom is -0.379 e. The van der Waals surface area contributed by atoms with E-state index in [1.807, 2.05) is 0 Å². The molecule has 2 atom stereocenters. The topological polar surface area (TPSA) is 38.7 Å². The Morgan fingerprint density at radius 2 is 2.10 bits per heavy atom. The largest absolute Gasteiger partial charge is 0.379 e. The maximum absolute atomic E-state index is 8.36. The van der Waals surface area contributed by atoms with E-state index in [4.69, 9.17) is 9.99 Å². The molecular weight excluding hydrogens is 132 g/mol. The van der Waals surface area contributed by atoms with Crippen LogP contribution in [0.15, 0.2) is 12.2 Å². The molecule has 0 bridgehead atoms. The summed E-state index contributed by atoms with van der Waals surface area (Å²) in [7, 11) is 1.56. The minimum absolute atomic E-state index is 0.164. The van der Waals surface area contributed by atoms with Gasteiger partial charge in [0.1, 0.15) is 6.10 Å². The van der Waals surface area contributed by atoms with E-state index >= 15 is 0 Å². The Labute approximate surface area is 61.2 Å². The van der Waals surface area contributed by atoms with Gasteiger partial charge in [0, 0.05) is 7.11 Å². The molecule has 3 heteroatoms. The fraction of sp³-hybridized carbons (Fsp3) is 0.714. The Kier molecular flexibility index (Phi) is 4.27. The van der Waals surface area contributed by atoms with E-state index in [0.717, 1.165) is 5.57 Å². The van der Waals surface area contributed by atoms with Crippen LogP contribution in [-0.4, -0.2) is 24.6 Å². The number of ether oxygens (including phenoxy) is 1. The monoisotopic (exact) mass is 146 g/mol. The van der Waals surface area contributed by atoms with E-state index < -0.39 is 6.10 Å². The summed E-state index contributed by atoms with van der Waals surface area (Å²) in [5.74, 6) is 0. The van der Waals surface area contributed by atoms with Crippen LogP contribution >= 0.6 is 0 Å². The lowest BCUT2D eigenvalue weighted by Gasteiger charge is -2.18. The van der Waals surface area contributed by atoms with E-state index in [2.05, 4.69) is 11.5 Å². The van der Waals surface area contributed by atoms with Crippen molar-refractivity contribution >= 4 is 0 Å². The molecule has 0 heterocycles. The Hall–Kier alpha value is -0.380. The van der Waals surface area contributed by atoms with Gasteiger partial charge in [0.2, 0.25) is 0 Å². The number of rotatable bonds is 4. The van der Waals surface area contributed by atoms with E-state index in [0.29, 0.717) is 0 Å². The first kappa shape index (κ1) is 9.62. The summed E-state index contributed by atoms with van der Waals surface area (Å²) >= 11 is 0. The van der Waals surface area contributed by atoms with E-state index in [1.54, 1.807) is 21.0 Å². The predicted octanol–water partition coefficient (Wildman–Crippen LogP) is 1.46. The van der Waals surface area contributed by atoms with Gasteiger partial charge >= 0.3 is 0 Å². The van der Waals surface area contributed by atoms with Gasteiger partial charge in [0.05, 0.1) is 6.10 Å². The zero-order valence-electron chi connectivity index (χ0n) is 6.63. The summed E-state index contributed by atoms with van der Waals surface area (Å²) in [5, 5.41) is 8.36. The minimum atomic E-state index is -0.426. The van der Waals surface area contributed by atoms with Crippen LogP contribution in [0.2, 0.25) is 0 Å². The van der Waals surface area contributed by atoms with Crippen LogP contribution in [0, 0.1) is 0 Å². The van der Waals surface area contributed by atoms with Crippen LogP contribution in [0.3, 0.4) is 0 Å². The fourth-order valence-electron chi connectivity index (χ4n) is 0.700. The highest BCUT2D eigenvalue weighted by Gasteiger charge is 2.17. The predicted molar refractivity (Wildman–Crippen MR) is 38.8 cm³/mol. The molecule has 0 saturated heterocycles. The average Bonchev–Trinajstić information content (AvgIpc) is 1.88. The third kappa shape index (κ3) is 2.47. The second kappa shape index (κ2) is 4.44. The molecular formula is C7H14O3. The Morgan fingerprint density at radius 3 is 2.20 bits per heavy atom. The quantitative estimate of drug-likeness (QED) is 0.370. The lowest BCUT2D eigenvalue weighted by molar-refractivity contribution is -0.286. The second-order valence-electron chi connectivity index (χ2n) is 2.31. The molecule has 0 fully saturated rings. The van der Waals surface area contributed by atoms with Crippen molar-refractivity contribution in [3.8, 4) is 0 Å². The van der Waals surface area contributed by atoms with Crippen LogP contribution in [0.4, 0.5) is 0 Å². The van der Waals surface area contributed by atoms with Crippen LogP contribution in [-0.2, 0) is 9.62 Å². The van der Waals surface area contributed by atoms with Crippen LogP contribution in [0.1, 0.15) is 13.8 Å². The smallest absolute Gasteiger partial charge is 0.139 e. The van der Waals surface area contributed by atoms with Gasteiger partial charge < -0.3 is 4.74 Å². The molecule has 0 unspecified atom stereocenters. The summed E-state index contributed by atoms with van der Waals surface area (Å²) in [6, 6.07) is 0. The first-order valence-electron chi connectivity index (χ1n) is 3.12. The van der Waals surface area contributed by atoms with E-state index in [-0.39, 0.29) is 6.10 Å². The molecule has 0 aliphatic carbocycles. The third-order valence-corrected chi connectivity index (χ3v) is 1.40. The van der Waals surface area contributed by atoms with Crippen molar-refractivity contribution in [2.75, 3.05) is 7.11 Å². The van der Waals surface area contributed by atoms with Crippen molar-refractivity contribution in [3.63, 3.8) is 0 Å². The molecule has 0 aliphatic heterocycles. The second-order valence-corrected chi connectivity index (χ2v) is 2.31. The molecule has 3 nitrogen and oxygen atoms in total. The van der Waals surface area contributed by atoms with Crippen molar-refractivity contribution < 1.29 is 14.9 Å². The van der Waals surface area contributed by atoms with Gasteiger partial charge in [-0.15, -0.1) is 0 Å². The van der Waals surface area contributed by atoms with Gasteiger partial charge in [-0.25, -0.2) is 4.89 Å². The SMILES string of the molecule is C=C(C)[C@@H](OO)[C@H](C)OC. The van der Waals surface area contributed by atoms with Crippen molar-refractivity contribution in [1.82, 2.24) is 0 Å². The highest BCUT2D eigenvalue weighted by Crippen LogP contribution is 2.09. The van der Waals surface area contributed by atoms with Crippen molar-refractivity contribution in [2.45, 2.75) is 26.1 Å². The summed E-state index contributed by atoms with van der Waals surface area (Å²) in [6.45, 7) is 7.21. The molecule has 0 aromatic heterocycles. The maximum Gasteiger partial charge on any atom is 0.139 e. The van der Waals surface area contributed by atoms with Crippen molar-refractivity contribution in [1.29, 1.82) is 0 Å². The van der Waals surface area contributed by atoms with Gasteiger partial charge in [-0.2, -0.15) is 0 Å². The summed E-state index contributed by atoms with van der Waals surface area (Å²) in [6.07, 6.45) is -0.590.